The first-order valence-electron chi connectivity index (χ1n) is 16.9. The third-order valence-corrected chi connectivity index (χ3v) is 9.27. The van der Waals surface area contributed by atoms with Gasteiger partial charge in [0.05, 0.1) is 23.7 Å². The molecule has 0 unspecified atom stereocenters. The van der Waals surface area contributed by atoms with E-state index in [-0.39, 0.29) is 17.7 Å². The highest BCUT2D eigenvalue weighted by atomic mass is 16.4. The van der Waals surface area contributed by atoms with E-state index in [2.05, 4.69) is 27.1 Å². The molecule has 3 amide bonds. The fourth-order valence-electron chi connectivity index (χ4n) is 6.57. The van der Waals surface area contributed by atoms with Crippen molar-refractivity contribution in [2.75, 3.05) is 18.4 Å². The van der Waals surface area contributed by atoms with Gasteiger partial charge in [0.2, 0.25) is 23.6 Å². The Morgan fingerprint density at radius 1 is 0.980 bits per heavy atom. The number of amides is 3. The van der Waals surface area contributed by atoms with E-state index in [1.165, 1.54) is 0 Å². The molecule has 248 valence electrons. The minimum absolute atomic E-state index is 0.000694. The van der Waals surface area contributed by atoms with Crippen LogP contribution in [0.15, 0.2) is 77.3 Å². The Morgan fingerprint density at radius 3 is 2.65 bits per heavy atom. The summed E-state index contributed by atoms with van der Waals surface area (Å²) < 4.78 is 6.23. The van der Waals surface area contributed by atoms with Crippen LogP contribution in [0.2, 0.25) is 0 Å². The molecular weight excluding hydrogens is 616 g/mol. The third kappa shape index (κ3) is 6.70. The van der Waals surface area contributed by atoms with Crippen LogP contribution < -0.4 is 5.32 Å². The quantitative estimate of drug-likeness (QED) is 0.186. The van der Waals surface area contributed by atoms with Crippen LogP contribution in [0.4, 0.5) is 5.69 Å². The summed E-state index contributed by atoms with van der Waals surface area (Å²) in [4.78, 5) is 55.4. The number of H-pyrrole nitrogens is 1. The number of piperidine rings is 1. The first-order valence-corrected chi connectivity index (χ1v) is 16.9. The maximum Gasteiger partial charge on any atom is 0.247 e. The van der Waals surface area contributed by atoms with Gasteiger partial charge in [-0.2, -0.15) is 0 Å². The molecule has 0 spiro atoms. The molecule has 2 N–H and O–H groups in total. The summed E-state index contributed by atoms with van der Waals surface area (Å²) in [6, 6.07) is 20.3. The Balaban J connectivity index is 1.09. The van der Waals surface area contributed by atoms with Gasteiger partial charge in [-0.3, -0.25) is 14.4 Å². The van der Waals surface area contributed by atoms with Crippen molar-refractivity contribution < 1.29 is 18.8 Å². The van der Waals surface area contributed by atoms with E-state index >= 15 is 0 Å². The fraction of sp³-hybridized carbons (Fsp3) is 0.308. The molecule has 2 aromatic heterocycles. The minimum Gasteiger partial charge on any atom is -0.436 e. The van der Waals surface area contributed by atoms with Crippen molar-refractivity contribution >= 4 is 34.4 Å². The van der Waals surface area contributed by atoms with Gasteiger partial charge in [0.15, 0.2) is 11.8 Å². The molecule has 1 saturated heterocycles. The maximum atomic E-state index is 13.3. The van der Waals surface area contributed by atoms with E-state index in [0.29, 0.717) is 61.9 Å². The SMILES string of the molecule is CCC(=O)N1CCCC[C@H]1C(=O)Nc1cc(-c2ncc(-c3ccc4nc([C@@H]5C#CCCN5C(=O)Cc5ccccc5)[nH]c4c3)o2)ccc1C. The largest absolute Gasteiger partial charge is 0.436 e. The number of aryl methyl sites for hydroxylation is 1. The Labute approximate surface area is 284 Å². The predicted molar refractivity (Wildman–Crippen MR) is 187 cm³/mol. The topological polar surface area (TPSA) is 124 Å². The van der Waals surface area contributed by atoms with Crippen LogP contribution >= 0.6 is 0 Å². The van der Waals surface area contributed by atoms with Gasteiger partial charge in [-0.25, -0.2) is 9.97 Å². The summed E-state index contributed by atoms with van der Waals surface area (Å²) in [6.07, 6.45) is 5.47. The molecule has 2 aliphatic rings. The lowest BCUT2D eigenvalue weighted by atomic mass is 10.0. The summed E-state index contributed by atoms with van der Waals surface area (Å²) in [5.41, 5.74) is 5.62. The molecule has 10 nitrogen and oxygen atoms in total. The summed E-state index contributed by atoms with van der Waals surface area (Å²) in [6.45, 7) is 4.91. The molecule has 5 aromatic rings. The average molecular weight is 655 g/mol. The van der Waals surface area contributed by atoms with E-state index in [4.69, 9.17) is 9.40 Å². The van der Waals surface area contributed by atoms with Gasteiger partial charge in [-0.1, -0.05) is 55.2 Å². The van der Waals surface area contributed by atoms with Crippen molar-refractivity contribution in [1.29, 1.82) is 0 Å². The number of rotatable bonds is 8. The van der Waals surface area contributed by atoms with Crippen LogP contribution in [0.1, 0.15) is 62.0 Å². The second-order valence-electron chi connectivity index (χ2n) is 12.6. The molecule has 0 aliphatic carbocycles. The number of aromatic amines is 1. The average Bonchev–Trinajstić information content (AvgIpc) is 3.80. The molecular formula is C39H38N6O4. The van der Waals surface area contributed by atoms with Crippen molar-refractivity contribution in [3.05, 3.63) is 89.9 Å². The summed E-state index contributed by atoms with van der Waals surface area (Å²) >= 11 is 0. The lowest BCUT2D eigenvalue weighted by Gasteiger charge is -2.34. The number of nitrogens with zero attached hydrogens (tertiary/aromatic N) is 4. The van der Waals surface area contributed by atoms with Crippen LogP contribution in [0.5, 0.6) is 0 Å². The maximum absolute atomic E-state index is 13.3. The number of carbonyl (C=O) groups is 3. The number of hydrogen-bond acceptors (Lipinski definition) is 6. The summed E-state index contributed by atoms with van der Waals surface area (Å²) in [5, 5.41) is 3.06. The van der Waals surface area contributed by atoms with Crippen LogP contribution in [-0.2, 0) is 20.8 Å². The van der Waals surface area contributed by atoms with Crippen molar-refractivity contribution in [3.63, 3.8) is 0 Å². The number of aromatic nitrogens is 3. The first kappa shape index (κ1) is 31.9. The smallest absolute Gasteiger partial charge is 0.247 e. The van der Waals surface area contributed by atoms with Crippen molar-refractivity contribution in [2.24, 2.45) is 0 Å². The third-order valence-electron chi connectivity index (χ3n) is 9.27. The van der Waals surface area contributed by atoms with Gasteiger partial charge < -0.3 is 24.5 Å². The predicted octanol–water partition coefficient (Wildman–Crippen LogP) is 6.44. The van der Waals surface area contributed by atoms with E-state index in [1.54, 1.807) is 16.0 Å². The minimum atomic E-state index is -0.474. The monoisotopic (exact) mass is 654 g/mol. The number of anilines is 1. The zero-order valence-electron chi connectivity index (χ0n) is 27.7. The summed E-state index contributed by atoms with van der Waals surface area (Å²) in [5.74, 6) is 7.84. The fourth-order valence-corrected chi connectivity index (χ4v) is 6.57. The molecule has 4 heterocycles. The van der Waals surface area contributed by atoms with Crippen LogP contribution in [0, 0.1) is 18.8 Å². The second kappa shape index (κ2) is 13.8. The molecule has 10 heteroatoms. The highest BCUT2D eigenvalue weighted by Gasteiger charge is 2.32. The van der Waals surface area contributed by atoms with E-state index in [0.717, 1.165) is 46.1 Å². The molecule has 1 fully saturated rings. The Morgan fingerprint density at radius 2 is 1.82 bits per heavy atom. The zero-order valence-corrected chi connectivity index (χ0v) is 27.7. The molecule has 0 bridgehead atoms. The number of oxazole rings is 1. The van der Waals surface area contributed by atoms with Gasteiger partial charge >= 0.3 is 0 Å². The first-order chi connectivity index (χ1) is 23.9. The lowest BCUT2D eigenvalue weighted by molar-refractivity contribution is -0.140. The highest BCUT2D eigenvalue weighted by Crippen LogP contribution is 2.32. The molecule has 7 rings (SSSR count). The van der Waals surface area contributed by atoms with Crippen LogP contribution in [0.3, 0.4) is 0 Å². The Kier molecular flexibility index (Phi) is 8.99. The van der Waals surface area contributed by atoms with Crippen LogP contribution in [-0.4, -0.2) is 61.6 Å². The van der Waals surface area contributed by atoms with Crippen molar-refractivity contribution in [2.45, 2.75) is 64.5 Å². The molecule has 2 atom stereocenters. The molecule has 49 heavy (non-hydrogen) atoms. The van der Waals surface area contributed by atoms with Gasteiger partial charge in [-0.05, 0) is 67.6 Å². The number of hydrogen-bond donors (Lipinski definition) is 2. The zero-order chi connectivity index (χ0) is 33.9. The van der Waals surface area contributed by atoms with Gasteiger partial charge in [0.25, 0.3) is 0 Å². The number of fused-ring (bicyclic) bond motifs is 1. The Bertz CT molecular complexity index is 2090. The number of benzene rings is 3. The molecule has 0 radical (unpaired) electrons. The van der Waals surface area contributed by atoms with Gasteiger partial charge in [0.1, 0.15) is 11.9 Å². The van der Waals surface area contributed by atoms with Crippen molar-refractivity contribution in [3.8, 4) is 34.6 Å². The van der Waals surface area contributed by atoms with E-state index in [9.17, 15) is 14.4 Å². The molecule has 3 aromatic carbocycles. The van der Waals surface area contributed by atoms with Crippen molar-refractivity contribution in [1.82, 2.24) is 24.8 Å². The van der Waals surface area contributed by atoms with E-state index < -0.39 is 12.1 Å². The summed E-state index contributed by atoms with van der Waals surface area (Å²) in [7, 11) is 0. The number of carbonyl (C=O) groups excluding carboxylic acids is 3. The number of nitrogens with one attached hydrogen (secondary N) is 2. The standard InChI is InChI=1S/C39H38N6O4/c1-3-35(46)45-20-10-8-14-33(45)38(48)43-30-23-28(16-15-25(30)2)39-40-24-34(49-39)27-17-18-29-31(22-27)42-37(41-29)32-13-7-9-19-44(32)36(47)21-26-11-5-4-6-12-26/h4-6,11-12,15-18,22-24,32-33H,3,8-10,14,19-21H2,1-2H3,(H,41,42)(H,43,48)/t32-,33-/m0/s1. The number of imidazole rings is 1. The normalized spacial score (nSPS) is 17.4. The Hall–Kier alpha value is -5.69. The molecule has 0 saturated carbocycles. The van der Waals surface area contributed by atoms with Gasteiger partial charge in [0, 0.05) is 42.7 Å². The van der Waals surface area contributed by atoms with E-state index in [1.807, 2.05) is 80.6 Å². The highest BCUT2D eigenvalue weighted by molar-refractivity contribution is 5.98. The van der Waals surface area contributed by atoms with Gasteiger partial charge in [-0.15, -0.1) is 0 Å². The number of likely N-dealkylation sites (tertiary alicyclic amines) is 1. The lowest BCUT2D eigenvalue weighted by Crippen LogP contribution is -2.49. The van der Waals surface area contributed by atoms with Crippen LogP contribution in [0.25, 0.3) is 33.8 Å². The molecule has 2 aliphatic heterocycles. The second-order valence-corrected chi connectivity index (χ2v) is 12.6.